The molecule has 2 aromatic carbocycles. The molecule has 7 nitrogen and oxygen atoms in total. The molecule has 8 heteroatoms. The summed E-state index contributed by atoms with van der Waals surface area (Å²) in [6.07, 6.45) is 0.400. The van der Waals surface area contributed by atoms with E-state index in [-0.39, 0.29) is 30.3 Å². The van der Waals surface area contributed by atoms with Gasteiger partial charge in [0.15, 0.2) is 5.78 Å². The third-order valence-electron chi connectivity index (χ3n) is 6.47. The van der Waals surface area contributed by atoms with Crippen LogP contribution in [0.2, 0.25) is 0 Å². The van der Waals surface area contributed by atoms with Crippen LogP contribution >= 0.6 is 0 Å². The summed E-state index contributed by atoms with van der Waals surface area (Å²) in [4.78, 5) is 39.4. The first-order chi connectivity index (χ1) is 17.3. The lowest BCUT2D eigenvalue weighted by atomic mass is 9.69. The van der Waals surface area contributed by atoms with E-state index in [1.165, 1.54) is 25.3 Å². The summed E-state index contributed by atoms with van der Waals surface area (Å²) < 4.78 is 30.2. The molecule has 1 aliphatic carbocycles. The summed E-state index contributed by atoms with van der Waals surface area (Å²) in [6, 6.07) is 14.9. The number of ether oxygens (including phenoxy) is 3. The van der Waals surface area contributed by atoms with Crippen LogP contribution < -0.4 is 10.1 Å². The molecule has 1 aliphatic heterocycles. The molecule has 0 amide bonds. The number of hydrogen-bond acceptors (Lipinski definition) is 7. The van der Waals surface area contributed by atoms with Crippen molar-refractivity contribution < 1.29 is 33.0 Å². The highest BCUT2D eigenvalue weighted by Gasteiger charge is 2.47. The molecule has 0 aromatic heterocycles. The van der Waals surface area contributed by atoms with E-state index in [1.807, 2.05) is 18.2 Å². The van der Waals surface area contributed by atoms with Gasteiger partial charge in [0.1, 0.15) is 30.7 Å². The molecule has 3 atom stereocenters. The van der Waals surface area contributed by atoms with E-state index in [0.29, 0.717) is 29.1 Å². The number of rotatable bonds is 7. The maximum atomic E-state index is 14.3. The third-order valence-corrected chi connectivity index (χ3v) is 6.47. The van der Waals surface area contributed by atoms with Gasteiger partial charge in [-0.2, -0.15) is 0 Å². The highest BCUT2D eigenvalue weighted by molar-refractivity contribution is 6.12. The quantitative estimate of drug-likeness (QED) is 0.353. The van der Waals surface area contributed by atoms with E-state index in [4.69, 9.17) is 14.2 Å². The van der Waals surface area contributed by atoms with Gasteiger partial charge in [0.2, 0.25) is 0 Å². The van der Waals surface area contributed by atoms with Gasteiger partial charge in [-0.3, -0.25) is 9.59 Å². The summed E-state index contributed by atoms with van der Waals surface area (Å²) in [6.45, 7) is 3.63. The van der Waals surface area contributed by atoms with Crippen LogP contribution in [0.25, 0.3) is 0 Å². The molecule has 0 fully saturated rings. The van der Waals surface area contributed by atoms with Gasteiger partial charge in [0.05, 0.1) is 12.7 Å². The topological polar surface area (TPSA) is 90.9 Å². The Kier molecular flexibility index (Phi) is 7.52. The molecule has 0 bridgehead atoms. The Morgan fingerprint density at radius 2 is 1.83 bits per heavy atom. The number of benzene rings is 2. The Labute approximate surface area is 208 Å². The maximum absolute atomic E-state index is 14.3. The van der Waals surface area contributed by atoms with Crippen molar-refractivity contribution in [1.29, 1.82) is 0 Å². The van der Waals surface area contributed by atoms with Gasteiger partial charge >= 0.3 is 11.9 Å². The molecule has 0 spiro atoms. The zero-order chi connectivity index (χ0) is 25.8. The number of allylic oxidation sites excluding steroid dienone is 3. The fourth-order valence-corrected chi connectivity index (χ4v) is 4.86. The molecule has 2 aromatic rings. The van der Waals surface area contributed by atoms with Gasteiger partial charge in [0, 0.05) is 22.9 Å². The monoisotopic (exact) mass is 493 g/mol. The number of para-hydroxylation sites is 1. The Bertz CT molecular complexity index is 1240. The Morgan fingerprint density at radius 3 is 2.53 bits per heavy atom. The van der Waals surface area contributed by atoms with Crippen LogP contribution in [0.4, 0.5) is 4.39 Å². The number of ketones is 1. The molecule has 0 saturated carbocycles. The van der Waals surface area contributed by atoms with Gasteiger partial charge in [-0.25, -0.2) is 9.18 Å². The molecular formula is C28H28FNO6. The van der Waals surface area contributed by atoms with Crippen LogP contribution in [-0.4, -0.2) is 38.0 Å². The smallest absolute Gasteiger partial charge is 0.336 e. The molecule has 0 unspecified atom stereocenters. The Balaban J connectivity index is 1.64. The molecule has 4 rings (SSSR count). The normalized spacial score (nSPS) is 21.4. The molecule has 0 saturated heterocycles. The van der Waals surface area contributed by atoms with Crippen LogP contribution in [0, 0.1) is 17.7 Å². The molecule has 188 valence electrons. The van der Waals surface area contributed by atoms with E-state index in [9.17, 15) is 18.8 Å². The molecular weight excluding hydrogens is 465 g/mol. The van der Waals surface area contributed by atoms with E-state index >= 15 is 0 Å². The van der Waals surface area contributed by atoms with Crippen molar-refractivity contribution >= 4 is 17.7 Å². The van der Waals surface area contributed by atoms with Crippen LogP contribution in [-0.2, 0) is 23.9 Å². The van der Waals surface area contributed by atoms with Crippen molar-refractivity contribution in [1.82, 2.24) is 5.32 Å². The number of nitrogens with one attached hydrogen (secondary N) is 1. The number of dihydropyridines is 1. The SMILES string of the molecule is COC(=O)[C@@H]1C(=O)C2=C(C[C@@H]1C)NC(C)=C(C(=O)OCCOc1ccccc1)[C@H]2c1cccc(F)c1. The van der Waals surface area contributed by atoms with Crippen molar-refractivity contribution in [3.8, 4) is 5.75 Å². The fraction of sp³-hybridized carbons (Fsp3) is 0.321. The number of halogens is 1. The van der Waals surface area contributed by atoms with Crippen molar-refractivity contribution in [2.24, 2.45) is 11.8 Å². The first-order valence-corrected chi connectivity index (χ1v) is 11.7. The molecule has 1 N–H and O–H groups in total. The number of esters is 2. The van der Waals surface area contributed by atoms with Gasteiger partial charge in [-0.15, -0.1) is 0 Å². The summed E-state index contributed by atoms with van der Waals surface area (Å²) in [7, 11) is 1.24. The van der Waals surface area contributed by atoms with Crippen LogP contribution in [0.3, 0.4) is 0 Å². The zero-order valence-electron chi connectivity index (χ0n) is 20.4. The van der Waals surface area contributed by atoms with Gasteiger partial charge in [0.25, 0.3) is 0 Å². The lowest BCUT2D eigenvalue weighted by Gasteiger charge is -2.38. The number of carbonyl (C=O) groups is 3. The van der Waals surface area contributed by atoms with Gasteiger partial charge in [-0.05, 0) is 49.1 Å². The predicted molar refractivity (Wildman–Crippen MR) is 129 cm³/mol. The molecule has 0 radical (unpaired) electrons. The molecule has 1 heterocycles. The zero-order valence-corrected chi connectivity index (χ0v) is 20.4. The van der Waals surface area contributed by atoms with Crippen LogP contribution in [0.15, 0.2) is 77.1 Å². The van der Waals surface area contributed by atoms with Crippen LogP contribution in [0.5, 0.6) is 5.75 Å². The Morgan fingerprint density at radius 1 is 1.08 bits per heavy atom. The van der Waals surface area contributed by atoms with E-state index in [2.05, 4.69) is 5.32 Å². The summed E-state index contributed by atoms with van der Waals surface area (Å²) in [5.41, 5.74) is 1.98. The lowest BCUT2D eigenvalue weighted by Crippen LogP contribution is -2.43. The average Bonchev–Trinajstić information content (AvgIpc) is 2.86. The summed E-state index contributed by atoms with van der Waals surface area (Å²) >= 11 is 0. The summed E-state index contributed by atoms with van der Waals surface area (Å²) in [5, 5.41) is 3.18. The van der Waals surface area contributed by atoms with Crippen molar-refractivity contribution in [3.63, 3.8) is 0 Å². The maximum Gasteiger partial charge on any atom is 0.336 e. The van der Waals surface area contributed by atoms with Crippen molar-refractivity contribution in [2.75, 3.05) is 20.3 Å². The standard InChI is InChI=1S/C28H28FNO6/c1-16-14-21-25(26(31)22(16)27(32)34-3)24(18-8-7-9-19(29)15-18)23(17(2)30-21)28(33)36-13-12-35-20-10-5-4-6-11-20/h4-11,15-16,22,24,30H,12-14H2,1-3H3/t16-,22-,24+/m0/s1. The minimum atomic E-state index is -1.01. The number of Topliss-reactive ketones (excluding diaryl/α,β-unsaturated/α-hetero) is 1. The highest BCUT2D eigenvalue weighted by atomic mass is 19.1. The summed E-state index contributed by atoms with van der Waals surface area (Å²) in [5.74, 6) is -3.80. The van der Waals surface area contributed by atoms with Gasteiger partial charge < -0.3 is 19.5 Å². The third kappa shape index (κ3) is 5.03. The van der Waals surface area contributed by atoms with E-state index in [1.54, 1.807) is 32.0 Å². The first kappa shape index (κ1) is 25.2. The predicted octanol–water partition coefficient (Wildman–Crippen LogP) is 4.06. The van der Waals surface area contributed by atoms with Crippen molar-refractivity contribution in [3.05, 3.63) is 88.5 Å². The second-order valence-electron chi connectivity index (χ2n) is 8.89. The largest absolute Gasteiger partial charge is 0.490 e. The molecule has 2 aliphatic rings. The van der Waals surface area contributed by atoms with Gasteiger partial charge in [-0.1, -0.05) is 37.3 Å². The Hall–Kier alpha value is -3.94. The number of carbonyl (C=O) groups excluding carboxylic acids is 3. The molecule has 36 heavy (non-hydrogen) atoms. The number of methoxy groups -OCH3 is 1. The highest BCUT2D eigenvalue weighted by Crippen LogP contribution is 2.45. The second kappa shape index (κ2) is 10.8. The lowest BCUT2D eigenvalue weighted by molar-refractivity contribution is -0.151. The average molecular weight is 494 g/mol. The van der Waals surface area contributed by atoms with Crippen molar-refractivity contribution in [2.45, 2.75) is 26.2 Å². The van der Waals surface area contributed by atoms with Crippen LogP contribution in [0.1, 0.15) is 31.7 Å². The minimum absolute atomic E-state index is 0.0257. The second-order valence-corrected chi connectivity index (χ2v) is 8.89. The van der Waals surface area contributed by atoms with E-state index < -0.39 is 35.4 Å². The number of hydrogen-bond donors (Lipinski definition) is 1. The minimum Gasteiger partial charge on any atom is -0.490 e. The van der Waals surface area contributed by atoms with E-state index in [0.717, 1.165) is 0 Å². The fourth-order valence-electron chi connectivity index (χ4n) is 4.86. The first-order valence-electron chi connectivity index (χ1n) is 11.7.